The molecule has 0 saturated heterocycles. The van der Waals surface area contributed by atoms with Crippen LogP contribution in [-0.2, 0) is 17.9 Å². The molecule has 1 aliphatic rings. The summed E-state index contributed by atoms with van der Waals surface area (Å²) in [4.78, 5) is 11.2. The Kier molecular flexibility index (Phi) is 6.35. The highest BCUT2D eigenvalue weighted by Crippen LogP contribution is 2.36. The molecule has 1 aliphatic heterocycles. The predicted molar refractivity (Wildman–Crippen MR) is 119 cm³/mol. The van der Waals surface area contributed by atoms with E-state index in [0.717, 1.165) is 58.8 Å². The van der Waals surface area contributed by atoms with E-state index in [2.05, 4.69) is 16.7 Å². The average Bonchev–Trinajstić information content (AvgIpc) is 3.13. The van der Waals surface area contributed by atoms with Crippen LogP contribution >= 0.6 is 0 Å². The second-order valence-electron chi connectivity index (χ2n) is 7.81. The van der Waals surface area contributed by atoms with Crippen LogP contribution in [0, 0.1) is 0 Å². The first kappa shape index (κ1) is 21.1. The van der Waals surface area contributed by atoms with Gasteiger partial charge in [-0.15, -0.1) is 0 Å². The van der Waals surface area contributed by atoms with Gasteiger partial charge in [0.05, 0.1) is 19.6 Å². The Morgan fingerprint density at radius 1 is 1.03 bits per heavy atom. The third-order valence-corrected chi connectivity index (χ3v) is 5.69. The summed E-state index contributed by atoms with van der Waals surface area (Å²) >= 11 is 0. The van der Waals surface area contributed by atoms with Crippen molar-refractivity contribution >= 4 is 16.9 Å². The largest absolute Gasteiger partial charge is 0.490 e. The third-order valence-electron chi connectivity index (χ3n) is 5.69. The molecule has 2 aromatic carbocycles. The number of carboxylic acid groups (broad SMARTS) is 1. The van der Waals surface area contributed by atoms with Gasteiger partial charge in [-0.1, -0.05) is 6.07 Å². The Morgan fingerprint density at radius 3 is 2.61 bits per heavy atom. The maximum Gasteiger partial charge on any atom is 0.304 e. The van der Waals surface area contributed by atoms with Crippen molar-refractivity contribution in [3.8, 4) is 17.2 Å². The van der Waals surface area contributed by atoms with Crippen LogP contribution in [0.15, 0.2) is 42.5 Å². The van der Waals surface area contributed by atoms with E-state index < -0.39 is 5.97 Å². The van der Waals surface area contributed by atoms with Crippen LogP contribution in [0.3, 0.4) is 0 Å². The van der Waals surface area contributed by atoms with E-state index in [1.54, 1.807) is 0 Å². The standard InChI is InChI=1S/C25H29NO5/c1-3-29-23-10-7-17(12-24(23)30-4-2)16-31-20-8-9-21-19(13-20)14-22-18(15-25(27)28)6-5-11-26(21)22/h7-10,12-14,18H,3-6,11,15-16H2,1-2H3,(H,27,28)/t18-/m1/s1. The molecule has 1 atom stereocenters. The van der Waals surface area contributed by atoms with Crippen molar-refractivity contribution in [2.24, 2.45) is 0 Å². The van der Waals surface area contributed by atoms with Gasteiger partial charge < -0.3 is 23.9 Å². The summed E-state index contributed by atoms with van der Waals surface area (Å²) in [5, 5.41) is 10.3. The van der Waals surface area contributed by atoms with Gasteiger partial charge >= 0.3 is 5.97 Å². The Labute approximate surface area is 182 Å². The zero-order valence-corrected chi connectivity index (χ0v) is 18.1. The van der Waals surface area contributed by atoms with Crippen molar-refractivity contribution in [3.05, 3.63) is 53.7 Å². The number of aryl methyl sites for hydroxylation is 1. The molecule has 6 heteroatoms. The van der Waals surface area contributed by atoms with E-state index in [9.17, 15) is 9.90 Å². The minimum Gasteiger partial charge on any atom is -0.490 e. The number of hydrogen-bond acceptors (Lipinski definition) is 4. The van der Waals surface area contributed by atoms with Crippen molar-refractivity contribution < 1.29 is 24.1 Å². The van der Waals surface area contributed by atoms with Gasteiger partial charge in [-0.25, -0.2) is 0 Å². The van der Waals surface area contributed by atoms with Gasteiger partial charge in [-0.3, -0.25) is 4.79 Å². The van der Waals surface area contributed by atoms with E-state index in [-0.39, 0.29) is 12.3 Å². The first-order valence-electron chi connectivity index (χ1n) is 10.9. The van der Waals surface area contributed by atoms with Crippen molar-refractivity contribution in [1.29, 1.82) is 0 Å². The van der Waals surface area contributed by atoms with Gasteiger partial charge in [0.15, 0.2) is 11.5 Å². The van der Waals surface area contributed by atoms with E-state index >= 15 is 0 Å². The molecule has 2 heterocycles. The molecular formula is C25H29NO5. The molecule has 3 aromatic rings. The lowest BCUT2D eigenvalue weighted by Crippen LogP contribution is -2.17. The third kappa shape index (κ3) is 4.63. The van der Waals surface area contributed by atoms with Gasteiger partial charge in [0.25, 0.3) is 0 Å². The molecule has 1 aromatic heterocycles. The molecule has 31 heavy (non-hydrogen) atoms. The number of benzene rings is 2. The number of fused-ring (bicyclic) bond motifs is 3. The van der Waals surface area contributed by atoms with Gasteiger partial charge in [0.2, 0.25) is 0 Å². The van der Waals surface area contributed by atoms with Crippen molar-refractivity contribution in [2.75, 3.05) is 13.2 Å². The van der Waals surface area contributed by atoms with Crippen molar-refractivity contribution in [2.45, 2.75) is 52.2 Å². The maximum absolute atomic E-state index is 11.2. The highest BCUT2D eigenvalue weighted by Gasteiger charge is 2.24. The molecule has 0 unspecified atom stereocenters. The van der Waals surface area contributed by atoms with Crippen LogP contribution in [0.25, 0.3) is 10.9 Å². The number of aromatic nitrogens is 1. The van der Waals surface area contributed by atoms with Crippen LogP contribution < -0.4 is 14.2 Å². The Hall–Kier alpha value is -3.15. The quantitative estimate of drug-likeness (QED) is 0.501. The summed E-state index contributed by atoms with van der Waals surface area (Å²) in [5.41, 5.74) is 3.26. The minimum absolute atomic E-state index is 0.0730. The number of nitrogens with zero attached hydrogens (tertiary/aromatic N) is 1. The Balaban J connectivity index is 1.52. The van der Waals surface area contributed by atoms with E-state index in [1.165, 1.54) is 0 Å². The lowest BCUT2D eigenvalue weighted by molar-refractivity contribution is -0.137. The molecule has 0 fully saturated rings. The molecule has 6 nitrogen and oxygen atoms in total. The van der Waals surface area contributed by atoms with Crippen LogP contribution in [0.1, 0.15) is 50.3 Å². The zero-order chi connectivity index (χ0) is 21.8. The van der Waals surface area contributed by atoms with Crippen LogP contribution in [0.5, 0.6) is 17.2 Å². The summed E-state index contributed by atoms with van der Waals surface area (Å²) in [7, 11) is 0. The molecule has 4 rings (SSSR count). The molecule has 0 amide bonds. The molecule has 0 saturated carbocycles. The molecule has 0 spiro atoms. The van der Waals surface area contributed by atoms with Gasteiger partial charge in [-0.2, -0.15) is 0 Å². The zero-order valence-electron chi connectivity index (χ0n) is 18.1. The summed E-state index contributed by atoms with van der Waals surface area (Å²) in [6.45, 7) is 6.42. The minimum atomic E-state index is -0.741. The molecule has 1 N–H and O–H groups in total. The van der Waals surface area contributed by atoms with Crippen molar-refractivity contribution in [1.82, 2.24) is 4.57 Å². The average molecular weight is 424 g/mol. The number of carbonyl (C=O) groups is 1. The topological polar surface area (TPSA) is 69.9 Å². The fourth-order valence-corrected chi connectivity index (χ4v) is 4.36. The maximum atomic E-state index is 11.2. The highest BCUT2D eigenvalue weighted by molar-refractivity contribution is 5.83. The first-order valence-corrected chi connectivity index (χ1v) is 10.9. The van der Waals surface area contributed by atoms with Crippen LogP contribution in [-0.4, -0.2) is 28.9 Å². The SMILES string of the molecule is CCOc1ccc(COc2ccc3c(c2)cc2n3CCC[C@@H]2CC(=O)O)cc1OCC. The first-order chi connectivity index (χ1) is 15.1. The van der Waals surface area contributed by atoms with E-state index in [1.807, 2.05) is 44.2 Å². The van der Waals surface area contributed by atoms with Gasteiger partial charge in [-0.05, 0) is 68.7 Å². The van der Waals surface area contributed by atoms with Crippen molar-refractivity contribution in [3.63, 3.8) is 0 Å². The number of hydrogen-bond donors (Lipinski definition) is 1. The lowest BCUT2D eigenvalue weighted by Gasteiger charge is -2.24. The summed E-state index contributed by atoms with van der Waals surface area (Å²) in [6, 6.07) is 14.1. The molecule has 0 radical (unpaired) electrons. The molecule has 0 aliphatic carbocycles. The monoisotopic (exact) mass is 423 g/mol. The lowest BCUT2D eigenvalue weighted by atomic mass is 9.93. The highest BCUT2D eigenvalue weighted by atomic mass is 16.5. The second kappa shape index (κ2) is 9.33. The normalized spacial score (nSPS) is 15.5. The number of rotatable bonds is 9. The summed E-state index contributed by atoms with van der Waals surface area (Å²) in [5.74, 6) is 1.59. The fourth-order valence-electron chi connectivity index (χ4n) is 4.36. The molecular weight excluding hydrogens is 394 g/mol. The van der Waals surface area contributed by atoms with E-state index in [4.69, 9.17) is 14.2 Å². The number of carboxylic acids is 1. The molecule has 0 bridgehead atoms. The predicted octanol–water partition coefficient (Wildman–Crippen LogP) is 5.37. The number of ether oxygens (including phenoxy) is 3. The van der Waals surface area contributed by atoms with Crippen LogP contribution in [0.4, 0.5) is 0 Å². The fraction of sp³-hybridized carbons (Fsp3) is 0.400. The van der Waals surface area contributed by atoms with E-state index in [0.29, 0.717) is 19.8 Å². The van der Waals surface area contributed by atoms with Gasteiger partial charge in [0.1, 0.15) is 12.4 Å². The Bertz CT molecular complexity index is 1070. The molecule has 164 valence electrons. The number of aliphatic carboxylic acids is 1. The van der Waals surface area contributed by atoms with Gasteiger partial charge in [0, 0.05) is 29.1 Å². The smallest absolute Gasteiger partial charge is 0.304 e. The Morgan fingerprint density at radius 2 is 1.84 bits per heavy atom. The second-order valence-corrected chi connectivity index (χ2v) is 7.81. The summed E-state index contributed by atoms with van der Waals surface area (Å²) in [6.07, 6.45) is 2.11. The summed E-state index contributed by atoms with van der Waals surface area (Å²) < 4.78 is 19.6. The van der Waals surface area contributed by atoms with Crippen LogP contribution in [0.2, 0.25) is 0 Å².